The van der Waals surface area contributed by atoms with Crippen molar-refractivity contribution in [3.63, 3.8) is 0 Å². The minimum atomic E-state index is -0.540. The van der Waals surface area contributed by atoms with Gasteiger partial charge in [-0.3, -0.25) is 9.69 Å². The van der Waals surface area contributed by atoms with E-state index in [1.165, 1.54) is 7.11 Å². The van der Waals surface area contributed by atoms with Crippen LogP contribution >= 0.6 is 0 Å². The number of methoxy groups -OCH3 is 3. The summed E-state index contributed by atoms with van der Waals surface area (Å²) in [6.07, 6.45) is -0.422. The number of carbonyl (C=O) groups excluding carboxylic acids is 2. The molecule has 0 spiro atoms. The fourth-order valence-electron chi connectivity index (χ4n) is 2.68. The molecule has 0 aliphatic carbocycles. The predicted octanol–water partition coefficient (Wildman–Crippen LogP) is 1.75. The van der Waals surface area contributed by atoms with Gasteiger partial charge in [-0.2, -0.15) is 0 Å². The summed E-state index contributed by atoms with van der Waals surface area (Å²) < 4.78 is 15.1. The molecule has 142 valence electrons. The zero-order valence-corrected chi connectivity index (χ0v) is 15.7. The van der Waals surface area contributed by atoms with Crippen LogP contribution in [0.25, 0.3) is 10.9 Å². The minimum Gasteiger partial charge on any atom is -0.464 e. The highest BCUT2D eigenvalue weighted by atomic mass is 16.7. The number of carbonyl (C=O) groups is 2. The molecular formula is C18H25N3O5. The summed E-state index contributed by atoms with van der Waals surface area (Å²) in [4.78, 5) is 29.3. The molecule has 1 heterocycles. The molecule has 2 rings (SSSR count). The first-order valence-electron chi connectivity index (χ1n) is 8.14. The van der Waals surface area contributed by atoms with Crippen molar-refractivity contribution in [1.82, 2.24) is 9.88 Å². The fraction of sp³-hybridized carbons (Fsp3) is 0.444. The van der Waals surface area contributed by atoms with Crippen molar-refractivity contribution in [2.24, 2.45) is 0 Å². The quantitative estimate of drug-likeness (QED) is 0.548. The molecule has 1 aromatic carbocycles. The van der Waals surface area contributed by atoms with E-state index in [4.69, 9.17) is 14.2 Å². The molecule has 0 radical (unpaired) electrons. The van der Waals surface area contributed by atoms with E-state index < -0.39 is 12.3 Å². The zero-order chi connectivity index (χ0) is 19.3. The molecule has 1 amide bonds. The second-order valence-electron chi connectivity index (χ2n) is 6.06. The highest BCUT2D eigenvalue weighted by Gasteiger charge is 2.21. The van der Waals surface area contributed by atoms with Crippen molar-refractivity contribution < 1.29 is 23.8 Å². The number of ether oxygens (including phenoxy) is 3. The number of aromatic amines is 1. The van der Waals surface area contributed by atoms with Gasteiger partial charge in [-0.1, -0.05) is 12.1 Å². The van der Waals surface area contributed by atoms with E-state index in [0.29, 0.717) is 12.2 Å². The summed E-state index contributed by atoms with van der Waals surface area (Å²) in [5.74, 6) is -0.800. The lowest BCUT2D eigenvalue weighted by Gasteiger charge is -2.21. The number of aryl methyl sites for hydroxylation is 1. The van der Waals surface area contributed by atoms with Gasteiger partial charge >= 0.3 is 5.97 Å². The number of fused-ring (bicyclic) bond motifs is 1. The molecule has 0 saturated heterocycles. The Morgan fingerprint density at radius 2 is 1.92 bits per heavy atom. The van der Waals surface area contributed by atoms with E-state index in [2.05, 4.69) is 10.3 Å². The van der Waals surface area contributed by atoms with Crippen LogP contribution in [0.3, 0.4) is 0 Å². The molecule has 2 aromatic rings. The number of likely N-dealkylation sites (N-methyl/N-ethyl adjacent to an activating group) is 1. The van der Waals surface area contributed by atoms with Gasteiger partial charge in [-0.15, -0.1) is 0 Å². The first-order valence-corrected chi connectivity index (χ1v) is 8.14. The largest absolute Gasteiger partial charge is 0.464 e. The van der Waals surface area contributed by atoms with Crippen molar-refractivity contribution in [1.29, 1.82) is 0 Å². The Kier molecular flexibility index (Phi) is 6.73. The Balaban J connectivity index is 2.20. The third-order valence-electron chi connectivity index (χ3n) is 4.01. The average Bonchev–Trinajstić information content (AvgIpc) is 2.96. The van der Waals surface area contributed by atoms with Crippen molar-refractivity contribution in [2.45, 2.75) is 13.2 Å². The minimum absolute atomic E-state index is 0.113. The van der Waals surface area contributed by atoms with Crippen molar-refractivity contribution >= 4 is 28.5 Å². The summed E-state index contributed by atoms with van der Waals surface area (Å²) in [5.41, 5.74) is 2.43. The van der Waals surface area contributed by atoms with E-state index in [-0.39, 0.29) is 18.1 Å². The third-order valence-corrected chi connectivity index (χ3v) is 4.01. The van der Waals surface area contributed by atoms with Gasteiger partial charge in [0.05, 0.1) is 19.3 Å². The van der Waals surface area contributed by atoms with Crippen molar-refractivity contribution in [3.05, 3.63) is 29.5 Å². The molecule has 2 N–H and O–H groups in total. The molecule has 0 atom stereocenters. The van der Waals surface area contributed by atoms with E-state index in [9.17, 15) is 9.59 Å². The SMILES string of the molecule is COC(=O)c1[nH]c2cc(C)ccc2c1NC(=O)CN(C)CC(OC)OC. The molecular weight excluding hydrogens is 338 g/mol. The van der Waals surface area contributed by atoms with Gasteiger partial charge in [0, 0.05) is 31.7 Å². The van der Waals surface area contributed by atoms with Crippen LogP contribution < -0.4 is 5.32 Å². The lowest BCUT2D eigenvalue weighted by molar-refractivity contribution is -0.124. The summed E-state index contributed by atoms with van der Waals surface area (Å²) in [6.45, 7) is 2.49. The molecule has 0 aliphatic heterocycles. The maximum Gasteiger partial charge on any atom is 0.356 e. The Morgan fingerprint density at radius 3 is 2.54 bits per heavy atom. The van der Waals surface area contributed by atoms with E-state index >= 15 is 0 Å². The number of H-pyrrole nitrogens is 1. The first-order chi connectivity index (χ1) is 12.4. The van der Waals surface area contributed by atoms with E-state index in [1.807, 2.05) is 25.1 Å². The molecule has 0 unspecified atom stereocenters. The number of amides is 1. The number of rotatable bonds is 8. The van der Waals surface area contributed by atoms with Gasteiger partial charge in [-0.05, 0) is 25.6 Å². The van der Waals surface area contributed by atoms with Gasteiger partial charge in [0.1, 0.15) is 5.69 Å². The van der Waals surface area contributed by atoms with Crippen LogP contribution in [0.1, 0.15) is 16.1 Å². The number of nitrogens with zero attached hydrogens (tertiary/aromatic N) is 1. The Bertz CT molecular complexity index is 782. The Hall–Kier alpha value is -2.42. The van der Waals surface area contributed by atoms with E-state index in [1.54, 1.807) is 26.2 Å². The molecule has 8 heteroatoms. The Labute approximate surface area is 152 Å². The maximum atomic E-state index is 12.5. The van der Waals surface area contributed by atoms with Crippen LogP contribution in [-0.2, 0) is 19.0 Å². The fourth-order valence-corrected chi connectivity index (χ4v) is 2.68. The number of hydrogen-bond acceptors (Lipinski definition) is 6. The normalized spacial score (nSPS) is 11.3. The van der Waals surface area contributed by atoms with Crippen LogP contribution in [0.5, 0.6) is 0 Å². The zero-order valence-electron chi connectivity index (χ0n) is 15.7. The summed E-state index contributed by atoms with van der Waals surface area (Å²) in [7, 11) is 6.16. The summed E-state index contributed by atoms with van der Waals surface area (Å²) in [5, 5.41) is 3.56. The monoisotopic (exact) mass is 363 g/mol. The second-order valence-corrected chi connectivity index (χ2v) is 6.06. The van der Waals surface area contributed by atoms with Crippen molar-refractivity contribution in [2.75, 3.05) is 46.8 Å². The highest BCUT2D eigenvalue weighted by molar-refractivity contribution is 6.11. The highest BCUT2D eigenvalue weighted by Crippen LogP contribution is 2.29. The lowest BCUT2D eigenvalue weighted by atomic mass is 10.1. The second kappa shape index (κ2) is 8.79. The molecule has 0 saturated carbocycles. The summed E-state index contributed by atoms with van der Waals surface area (Å²) >= 11 is 0. The van der Waals surface area contributed by atoms with Crippen LogP contribution in [0.4, 0.5) is 5.69 Å². The number of hydrogen-bond donors (Lipinski definition) is 2. The number of aromatic nitrogens is 1. The van der Waals surface area contributed by atoms with Gasteiger partial charge in [0.2, 0.25) is 5.91 Å². The molecule has 0 aliphatic rings. The number of nitrogens with one attached hydrogen (secondary N) is 2. The number of esters is 1. The van der Waals surface area contributed by atoms with Gasteiger partial charge in [0.25, 0.3) is 0 Å². The first kappa shape index (κ1) is 19.9. The predicted molar refractivity (Wildman–Crippen MR) is 98.3 cm³/mol. The Morgan fingerprint density at radius 1 is 1.23 bits per heavy atom. The summed E-state index contributed by atoms with van der Waals surface area (Å²) in [6, 6.07) is 5.69. The molecule has 1 aromatic heterocycles. The van der Waals surface area contributed by atoms with Crippen LogP contribution in [0.2, 0.25) is 0 Å². The lowest BCUT2D eigenvalue weighted by Crippen LogP contribution is -2.37. The van der Waals surface area contributed by atoms with Gasteiger partial charge in [-0.25, -0.2) is 4.79 Å². The average molecular weight is 363 g/mol. The molecule has 0 fully saturated rings. The van der Waals surface area contributed by atoms with Crippen molar-refractivity contribution in [3.8, 4) is 0 Å². The standard InChI is InChI=1S/C18H25N3O5/c1-11-6-7-12-13(8-11)19-17(18(23)26-5)16(12)20-14(22)9-21(2)10-15(24-3)25-4/h6-8,15,19H,9-10H2,1-5H3,(H,20,22). The topological polar surface area (TPSA) is 92.9 Å². The van der Waals surface area contributed by atoms with E-state index in [0.717, 1.165) is 16.5 Å². The smallest absolute Gasteiger partial charge is 0.356 e. The molecule has 26 heavy (non-hydrogen) atoms. The molecule has 8 nitrogen and oxygen atoms in total. The van der Waals surface area contributed by atoms with Crippen LogP contribution in [-0.4, -0.2) is 69.5 Å². The van der Waals surface area contributed by atoms with Crippen LogP contribution in [0.15, 0.2) is 18.2 Å². The number of benzene rings is 1. The van der Waals surface area contributed by atoms with Gasteiger partial charge < -0.3 is 24.5 Å². The maximum absolute atomic E-state index is 12.5. The van der Waals surface area contributed by atoms with Crippen LogP contribution in [0, 0.1) is 6.92 Å². The van der Waals surface area contributed by atoms with Gasteiger partial charge in [0.15, 0.2) is 6.29 Å². The number of anilines is 1. The third kappa shape index (κ3) is 4.60. The molecule has 0 bridgehead atoms.